The van der Waals surface area contributed by atoms with Crippen molar-refractivity contribution in [3.8, 4) is 11.4 Å². The van der Waals surface area contributed by atoms with Crippen LogP contribution in [-0.2, 0) is 10.8 Å². The van der Waals surface area contributed by atoms with Gasteiger partial charge in [0, 0.05) is 64.8 Å². The molecule has 6 aromatic rings. The van der Waals surface area contributed by atoms with Crippen LogP contribution in [0.1, 0.15) is 56.2 Å². The molecule has 0 radical (unpaired) electrons. The van der Waals surface area contributed by atoms with Gasteiger partial charge in [0.1, 0.15) is 23.6 Å². The van der Waals surface area contributed by atoms with Gasteiger partial charge in [0.15, 0.2) is 17.2 Å². The minimum atomic E-state index is -0.253. The Morgan fingerprint density at radius 1 is 0.784 bits per heavy atom. The summed E-state index contributed by atoms with van der Waals surface area (Å²) in [6.07, 6.45) is 11.1. The van der Waals surface area contributed by atoms with Crippen LogP contribution in [0.4, 0.5) is 22.9 Å². The van der Waals surface area contributed by atoms with E-state index in [9.17, 15) is 0 Å². The second kappa shape index (κ2) is 9.72. The smallest absolute Gasteiger partial charge is 0.162 e. The van der Waals surface area contributed by atoms with E-state index in [-0.39, 0.29) is 28.6 Å². The number of rotatable bonds is 3. The van der Waals surface area contributed by atoms with Crippen LogP contribution in [0.25, 0.3) is 33.3 Å². The van der Waals surface area contributed by atoms with Crippen molar-refractivity contribution in [3.05, 3.63) is 120 Å². The molecule has 254 valence electrons. The first kappa shape index (κ1) is 29.4. The number of hydrogen-bond donors (Lipinski definition) is 0. The van der Waals surface area contributed by atoms with Gasteiger partial charge in [-0.05, 0) is 61.4 Å². The predicted molar refractivity (Wildman–Crippen MR) is 205 cm³/mol. The van der Waals surface area contributed by atoms with Gasteiger partial charge in [0.05, 0.1) is 11.9 Å². The molecule has 5 unspecified atom stereocenters. The Morgan fingerprint density at radius 3 is 2.43 bits per heavy atom. The van der Waals surface area contributed by atoms with Crippen LogP contribution in [-0.4, -0.2) is 41.3 Å². The number of likely N-dealkylation sites (N-methyl/N-ethyl adjacent to an activating group) is 1. The van der Waals surface area contributed by atoms with E-state index in [1.807, 2.05) is 0 Å². The Bertz CT molecular complexity index is 2490. The average molecular weight is 671 g/mol. The zero-order chi connectivity index (χ0) is 34.4. The summed E-state index contributed by atoms with van der Waals surface area (Å²) in [6.45, 7) is 7.06. The number of anilines is 4. The minimum absolute atomic E-state index is 0.0325. The number of para-hydroxylation sites is 2. The predicted octanol–water partition coefficient (Wildman–Crippen LogP) is 9.62. The number of aryl methyl sites for hydroxylation is 1. The van der Waals surface area contributed by atoms with Crippen molar-refractivity contribution >= 4 is 44.8 Å². The maximum absolute atomic E-state index is 6.91. The van der Waals surface area contributed by atoms with Crippen LogP contribution in [0.2, 0.25) is 0 Å². The van der Waals surface area contributed by atoms with Crippen LogP contribution >= 0.6 is 0 Å². The van der Waals surface area contributed by atoms with Gasteiger partial charge in [-0.15, -0.1) is 0 Å². The third kappa shape index (κ3) is 3.12. The molecule has 4 aromatic carbocycles. The van der Waals surface area contributed by atoms with E-state index in [1.54, 1.807) is 0 Å². The number of benzene rings is 4. The molecule has 1 aliphatic carbocycles. The van der Waals surface area contributed by atoms with Crippen molar-refractivity contribution in [2.45, 2.75) is 69.6 Å². The van der Waals surface area contributed by atoms with Crippen molar-refractivity contribution in [2.24, 2.45) is 5.41 Å². The Balaban J connectivity index is 1.23. The molecule has 0 bridgehead atoms. The van der Waals surface area contributed by atoms with Gasteiger partial charge in [-0.1, -0.05) is 86.6 Å². The fraction of sp³-hybridized carbons (Fsp3) is 0.318. The maximum Gasteiger partial charge on any atom is 0.162 e. The van der Waals surface area contributed by atoms with Gasteiger partial charge in [-0.25, -0.2) is 9.97 Å². The molecule has 6 heterocycles. The zero-order valence-electron chi connectivity index (χ0n) is 29.9. The van der Waals surface area contributed by atoms with Crippen LogP contribution in [0, 0.1) is 12.3 Å². The fourth-order valence-electron chi connectivity index (χ4n) is 12.3. The summed E-state index contributed by atoms with van der Waals surface area (Å²) in [5, 5.41) is 2.36. The van der Waals surface area contributed by atoms with Gasteiger partial charge in [0.25, 0.3) is 0 Å². The van der Waals surface area contributed by atoms with Crippen molar-refractivity contribution in [3.63, 3.8) is 0 Å². The molecular formula is C44H42N6O. The summed E-state index contributed by atoms with van der Waals surface area (Å²) in [7, 11) is 4.56. The largest absolute Gasteiger partial charge is 0.454 e. The van der Waals surface area contributed by atoms with E-state index < -0.39 is 0 Å². The summed E-state index contributed by atoms with van der Waals surface area (Å²) in [6, 6.07) is 31.1. The quantitative estimate of drug-likeness (QED) is 0.186. The number of nitrogens with zero attached hydrogens (tertiary/aromatic N) is 6. The van der Waals surface area contributed by atoms with Gasteiger partial charge < -0.3 is 24.0 Å². The fourth-order valence-corrected chi connectivity index (χ4v) is 12.3. The SMILES string of the molecule is CCC12CCC3(c4ccccc4N4c5nc(-c6ccccc6C)ncc5N(C)C43)C1(CC)c1ccc3c(oc4ccccc43)c1N1C=CN(C)C12. The lowest BCUT2D eigenvalue weighted by Crippen LogP contribution is -2.69. The highest BCUT2D eigenvalue weighted by molar-refractivity contribution is 6.10. The monoisotopic (exact) mass is 670 g/mol. The lowest BCUT2D eigenvalue weighted by Gasteiger charge is -2.63. The molecule has 7 nitrogen and oxygen atoms in total. The standard InChI is InChI=1S/C44H42N6O/c1-6-42-22-23-43(31-17-11-12-18-33(31)50-39-34(48(5)41(43)50)26-45-38(46-39)28-15-9-8-14-27(28)3)44(42,7-2)32-21-20-30-29-16-10-13-19-35(29)51-37(30)36(32)49-25-24-47(4)40(42)49/h8-21,24-26,40-41H,6-7,22-23H2,1-5H3. The molecule has 1 saturated carbocycles. The van der Waals surface area contributed by atoms with E-state index in [1.165, 1.54) is 38.8 Å². The van der Waals surface area contributed by atoms with Crippen LogP contribution in [0.5, 0.6) is 0 Å². The van der Waals surface area contributed by atoms with E-state index in [4.69, 9.17) is 14.4 Å². The summed E-state index contributed by atoms with van der Waals surface area (Å²) in [5.41, 5.74) is 10.1. The summed E-state index contributed by atoms with van der Waals surface area (Å²) in [4.78, 5) is 20.6. The minimum Gasteiger partial charge on any atom is -0.454 e. The highest BCUT2D eigenvalue weighted by Crippen LogP contribution is 2.78. The van der Waals surface area contributed by atoms with E-state index >= 15 is 0 Å². The van der Waals surface area contributed by atoms with Crippen molar-refractivity contribution in [1.29, 1.82) is 0 Å². The summed E-state index contributed by atoms with van der Waals surface area (Å²) < 4.78 is 6.91. The molecule has 1 fully saturated rings. The lowest BCUT2D eigenvalue weighted by atomic mass is 9.46. The van der Waals surface area contributed by atoms with Crippen molar-refractivity contribution in [1.82, 2.24) is 14.9 Å². The van der Waals surface area contributed by atoms with E-state index in [2.05, 4.69) is 158 Å². The molecule has 5 atom stereocenters. The molecule has 7 heteroatoms. The Kier molecular flexibility index (Phi) is 5.61. The second-order valence-electron chi connectivity index (χ2n) is 15.5. The molecule has 4 aliphatic heterocycles. The second-order valence-corrected chi connectivity index (χ2v) is 15.5. The molecule has 51 heavy (non-hydrogen) atoms. The summed E-state index contributed by atoms with van der Waals surface area (Å²) >= 11 is 0. The van der Waals surface area contributed by atoms with Crippen LogP contribution < -0.4 is 14.7 Å². The van der Waals surface area contributed by atoms with Crippen molar-refractivity contribution in [2.75, 3.05) is 28.8 Å². The number of aromatic nitrogens is 2. The molecule has 1 spiro atoms. The number of hydrogen-bond acceptors (Lipinski definition) is 7. The normalized spacial score (nSPS) is 28.1. The topological polar surface area (TPSA) is 51.9 Å². The average Bonchev–Trinajstić information content (AvgIpc) is 3.95. The van der Waals surface area contributed by atoms with E-state index in [0.717, 1.165) is 59.7 Å². The van der Waals surface area contributed by atoms with Crippen molar-refractivity contribution < 1.29 is 4.42 Å². The first-order valence-corrected chi connectivity index (χ1v) is 18.6. The Hall–Kier alpha value is -5.30. The molecule has 0 N–H and O–H groups in total. The van der Waals surface area contributed by atoms with Gasteiger partial charge in [0.2, 0.25) is 0 Å². The molecule has 0 saturated heterocycles. The molecule has 11 rings (SSSR count). The molecule has 2 aromatic heterocycles. The third-order valence-electron chi connectivity index (χ3n) is 14.0. The highest BCUT2D eigenvalue weighted by Gasteiger charge is 2.79. The molecular weight excluding hydrogens is 629 g/mol. The van der Waals surface area contributed by atoms with Gasteiger partial charge >= 0.3 is 0 Å². The van der Waals surface area contributed by atoms with Gasteiger partial charge in [-0.3, -0.25) is 0 Å². The number of furan rings is 1. The lowest BCUT2D eigenvalue weighted by molar-refractivity contribution is 0.00544. The molecule has 5 aliphatic rings. The third-order valence-corrected chi connectivity index (χ3v) is 14.0. The zero-order valence-corrected chi connectivity index (χ0v) is 29.9. The Morgan fingerprint density at radius 2 is 1.59 bits per heavy atom. The maximum atomic E-state index is 6.91. The number of fused-ring (bicyclic) bond motifs is 18. The first-order chi connectivity index (χ1) is 24.9. The Labute approximate surface area is 298 Å². The van der Waals surface area contributed by atoms with E-state index in [0.29, 0.717) is 0 Å². The highest BCUT2D eigenvalue weighted by atomic mass is 16.3. The summed E-state index contributed by atoms with van der Waals surface area (Å²) in [5.74, 6) is 1.79. The van der Waals surface area contributed by atoms with Crippen LogP contribution in [0.15, 0.2) is 108 Å². The van der Waals surface area contributed by atoms with Gasteiger partial charge in [-0.2, -0.15) is 0 Å². The molecule has 0 amide bonds. The van der Waals surface area contributed by atoms with Crippen LogP contribution in [0.3, 0.4) is 0 Å². The first-order valence-electron chi connectivity index (χ1n) is 18.6.